The van der Waals surface area contributed by atoms with E-state index in [0.29, 0.717) is 11.5 Å². The Balaban J connectivity index is 0.00000225. The first-order chi connectivity index (χ1) is 11.6. The molecule has 1 N–H and O–H groups in total. The number of carbonyl (C=O) groups is 1. The summed E-state index contributed by atoms with van der Waals surface area (Å²) < 4.78 is 5.75. The number of carboxylic acid groups (broad SMARTS) is 1. The van der Waals surface area contributed by atoms with Gasteiger partial charge in [-0.3, -0.25) is 0 Å². The zero-order valence-electron chi connectivity index (χ0n) is 15.0. The molecule has 0 amide bonds. The van der Waals surface area contributed by atoms with Gasteiger partial charge in [-0.05, 0) is 64.2 Å². The van der Waals surface area contributed by atoms with Crippen LogP contribution in [0.4, 0.5) is 0 Å². The molecule has 0 saturated carbocycles. The fourth-order valence-electron chi connectivity index (χ4n) is 3.68. The zero-order chi connectivity index (χ0) is 17.1. The van der Waals surface area contributed by atoms with Crippen LogP contribution in [0.2, 0.25) is 0 Å². The molecule has 3 rings (SSSR count). The lowest BCUT2D eigenvalue weighted by molar-refractivity contribution is 0.0691. The van der Waals surface area contributed by atoms with E-state index in [1.54, 1.807) is 6.20 Å². The molecule has 5 nitrogen and oxygen atoms in total. The Morgan fingerprint density at radius 3 is 2.76 bits per heavy atom. The number of pyridine rings is 1. The van der Waals surface area contributed by atoms with E-state index in [1.165, 1.54) is 45.3 Å². The van der Waals surface area contributed by atoms with Gasteiger partial charge in [0.1, 0.15) is 5.76 Å². The number of carboxylic acids is 1. The molecule has 2 aromatic heterocycles. The second kappa shape index (κ2) is 8.68. The quantitative estimate of drug-likeness (QED) is 0.825. The lowest BCUT2D eigenvalue weighted by Crippen LogP contribution is -2.35. The third-order valence-corrected chi connectivity index (χ3v) is 5.14. The van der Waals surface area contributed by atoms with E-state index < -0.39 is 5.97 Å². The minimum absolute atomic E-state index is 0. The number of piperidine rings is 1. The van der Waals surface area contributed by atoms with Crippen LogP contribution >= 0.6 is 12.4 Å². The molecule has 0 unspecified atom stereocenters. The number of hydrogen-bond acceptors (Lipinski definition) is 4. The third-order valence-electron chi connectivity index (χ3n) is 5.14. The van der Waals surface area contributed by atoms with Crippen molar-refractivity contribution in [2.24, 2.45) is 5.92 Å². The van der Waals surface area contributed by atoms with E-state index in [2.05, 4.69) is 16.8 Å². The van der Waals surface area contributed by atoms with Gasteiger partial charge in [0.2, 0.25) is 0 Å². The van der Waals surface area contributed by atoms with Crippen molar-refractivity contribution >= 4 is 29.3 Å². The Morgan fingerprint density at radius 2 is 2.12 bits per heavy atom. The van der Waals surface area contributed by atoms with Crippen LogP contribution in [-0.2, 0) is 6.42 Å². The number of halogens is 1. The van der Waals surface area contributed by atoms with Crippen molar-refractivity contribution in [3.8, 4) is 0 Å². The van der Waals surface area contributed by atoms with E-state index in [-0.39, 0.29) is 18.1 Å². The number of aromatic carboxylic acids is 1. The number of hydrogen-bond donors (Lipinski definition) is 1. The maximum atomic E-state index is 11.3. The smallest absolute Gasteiger partial charge is 0.358 e. The van der Waals surface area contributed by atoms with Crippen molar-refractivity contribution in [2.75, 3.05) is 19.6 Å². The molecule has 1 saturated heterocycles. The molecule has 1 fully saturated rings. The second-order valence-electron chi connectivity index (χ2n) is 6.82. The summed E-state index contributed by atoms with van der Waals surface area (Å²) >= 11 is 0. The van der Waals surface area contributed by atoms with Crippen LogP contribution in [0.3, 0.4) is 0 Å². The summed E-state index contributed by atoms with van der Waals surface area (Å²) in [5.74, 6) is 0.433. The predicted octanol–water partition coefficient (Wildman–Crippen LogP) is 4.31. The van der Waals surface area contributed by atoms with E-state index in [1.807, 2.05) is 13.0 Å². The standard InChI is InChI=1S/C19H26N2O3.ClH/c1-3-4-9-21-10-6-14(7-11-21)12-16-13(2)24-18-15(16)5-8-20-17(18)19(22)23;/h5,8,14H,3-4,6-7,9-12H2,1-2H3,(H,22,23);1H. The van der Waals surface area contributed by atoms with Gasteiger partial charge in [0.05, 0.1) is 0 Å². The molecule has 1 aliphatic heterocycles. The average molecular weight is 367 g/mol. The van der Waals surface area contributed by atoms with Crippen LogP contribution in [0.1, 0.15) is 54.4 Å². The normalized spacial score (nSPS) is 16.1. The lowest BCUT2D eigenvalue weighted by Gasteiger charge is -2.31. The van der Waals surface area contributed by atoms with Crippen LogP contribution in [0.25, 0.3) is 11.0 Å². The molecule has 0 radical (unpaired) electrons. The molecule has 25 heavy (non-hydrogen) atoms. The van der Waals surface area contributed by atoms with Gasteiger partial charge in [0, 0.05) is 17.1 Å². The first-order valence-corrected chi connectivity index (χ1v) is 8.92. The van der Waals surface area contributed by atoms with Gasteiger partial charge in [-0.15, -0.1) is 12.4 Å². The first-order valence-electron chi connectivity index (χ1n) is 8.92. The van der Waals surface area contributed by atoms with Crippen molar-refractivity contribution in [3.63, 3.8) is 0 Å². The van der Waals surface area contributed by atoms with Crippen LogP contribution in [-0.4, -0.2) is 40.6 Å². The number of likely N-dealkylation sites (tertiary alicyclic amines) is 1. The summed E-state index contributed by atoms with van der Waals surface area (Å²) in [5.41, 5.74) is 1.58. The van der Waals surface area contributed by atoms with Gasteiger partial charge in [0.15, 0.2) is 11.3 Å². The van der Waals surface area contributed by atoms with Crippen molar-refractivity contribution in [3.05, 3.63) is 29.3 Å². The minimum Gasteiger partial charge on any atom is -0.476 e. The summed E-state index contributed by atoms with van der Waals surface area (Å²) in [6.45, 7) is 7.71. The average Bonchev–Trinajstić information content (AvgIpc) is 2.89. The monoisotopic (exact) mass is 366 g/mol. The highest BCUT2D eigenvalue weighted by atomic mass is 35.5. The molecule has 1 aliphatic rings. The van der Waals surface area contributed by atoms with Crippen molar-refractivity contribution < 1.29 is 14.3 Å². The molecule has 3 heterocycles. The van der Waals surface area contributed by atoms with E-state index in [9.17, 15) is 9.90 Å². The number of unbranched alkanes of at least 4 members (excludes halogenated alkanes) is 1. The zero-order valence-corrected chi connectivity index (χ0v) is 15.8. The molecular weight excluding hydrogens is 340 g/mol. The van der Waals surface area contributed by atoms with Crippen molar-refractivity contribution in [1.29, 1.82) is 0 Å². The highest BCUT2D eigenvalue weighted by Gasteiger charge is 2.24. The van der Waals surface area contributed by atoms with Crippen molar-refractivity contribution in [1.82, 2.24) is 9.88 Å². The number of nitrogens with zero attached hydrogens (tertiary/aromatic N) is 2. The van der Waals surface area contributed by atoms with Crippen LogP contribution < -0.4 is 0 Å². The van der Waals surface area contributed by atoms with Gasteiger partial charge in [-0.25, -0.2) is 9.78 Å². The summed E-state index contributed by atoms with van der Waals surface area (Å²) in [6.07, 6.45) is 7.46. The molecule has 0 atom stereocenters. The van der Waals surface area contributed by atoms with Gasteiger partial charge >= 0.3 is 5.97 Å². The summed E-state index contributed by atoms with van der Waals surface area (Å²) in [5, 5.41) is 10.2. The van der Waals surface area contributed by atoms with Crippen LogP contribution in [0.5, 0.6) is 0 Å². The SMILES string of the molecule is CCCCN1CCC(Cc2c(C)oc3c(C(=O)O)nccc23)CC1.Cl. The Morgan fingerprint density at radius 1 is 1.40 bits per heavy atom. The Bertz CT molecular complexity index is 721. The first kappa shape index (κ1) is 19.7. The molecule has 2 aromatic rings. The fourth-order valence-corrected chi connectivity index (χ4v) is 3.68. The molecule has 0 spiro atoms. The third kappa shape index (κ3) is 4.33. The second-order valence-corrected chi connectivity index (χ2v) is 6.82. The highest BCUT2D eigenvalue weighted by molar-refractivity contribution is 6.00. The molecule has 138 valence electrons. The highest BCUT2D eigenvalue weighted by Crippen LogP contribution is 2.31. The number of fused-ring (bicyclic) bond motifs is 1. The van der Waals surface area contributed by atoms with Crippen LogP contribution in [0, 0.1) is 12.8 Å². The van der Waals surface area contributed by atoms with Crippen molar-refractivity contribution in [2.45, 2.75) is 46.0 Å². The topological polar surface area (TPSA) is 66.6 Å². The predicted molar refractivity (Wildman–Crippen MR) is 101 cm³/mol. The Labute approximate surface area is 154 Å². The van der Waals surface area contributed by atoms with Crippen LogP contribution in [0.15, 0.2) is 16.7 Å². The number of furan rings is 1. The van der Waals surface area contributed by atoms with E-state index >= 15 is 0 Å². The van der Waals surface area contributed by atoms with Gasteiger partial charge < -0.3 is 14.4 Å². The van der Waals surface area contributed by atoms with E-state index in [0.717, 1.165) is 23.1 Å². The van der Waals surface area contributed by atoms with E-state index in [4.69, 9.17) is 4.42 Å². The molecule has 0 aliphatic carbocycles. The maximum Gasteiger partial charge on any atom is 0.358 e. The summed E-state index contributed by atoms with van der Waals surface area (Å²) in [6, 6.07) is 1.88. The maximum absolute atomic E-state index is 11.3. The largest absolute Gasteiger partial charge is 0.476 e. The Hall–Kier alpha value is -1.59. The number of aryl methyl sites for hydroxylation is 1. The number of rotatable bonds is 6. The van der Waals surface area contributed by atoms with Gasteiger partial charge in [-0.2, -0.15) is 0 Å². The minimum atomic E-state index is -1.04. The van der Waals surface area contributed by atoms with Gasteiger partial charge in [-0.1, -0.05) is 13.3 Å². The summed E-state index contributed by atoms with van der Waals surface area (Å²) in [7, 11) is 0. The summed E-state index contributed by atoms with van der Waals surface area (Å²) in [4.78, 5) is 17.8. The van der Waals surface area contributed by atoms with Gasteiger partial charge in [0.25, 0.3) is 0 Å². The number of aromatic nitrogens is 1. The Kier molecular flexibility index (Phi) is 6.85. The molecule has 0 aromatic carbocycles. The molecule has 6 heteroatoms. The lowest BCUT2D eigenvalue weighted by atomic mass is 9.89. The fraction of sp³-hybridized carbons (Fsp3) is 0.579. The molecule has 0 bridgehead atoms. The molecular formula is C19H27ClN2O3.